The lowest BCUT2D eigenvalue weighted by Gasteiger charge is -2.23. The zero-order chi connectivity index (χ0) is 17.7. The van der Waals surface area contributed by atoms with Crippen molar-refractivity contribution in [2.45, 2.75) is 25.7 Å². The SMILES string of the molecule is CC1CN(C(=O)c2cc(C3CC3)nn2C)c2ccccc2N(C)C1=O. The molecule has 1 aliphatic heterocycles. The zero-order valence-corrected chi connectivity index (χ0v) is 14.8. The third kappa shape index (κ3) is 2.62. The Morgan fingerprint density at radius 3 is 2.52 bits per heavy atom. The molecule has 1 unspecified atom stereocenters. The molecule has 0 spiro atoms. The molecule has 0 N–H and O–H groups in total. The molecule has 25 heavy (non-hydrogen) atoms. The van der Waals surface area contributed by atoms with Crippen LogP contribution in [0.4, 0.5) is 11.4 Å². The van der Waals surface area contributed by atoms with Crippen LogP contribution in [-0.2, 0) is 11.8 Å². The number of carbonyl (C=O) groups excluding carboxylic acids is 2. The fraction of sp³-hybridized carbons (Fsp3) is 0.421. The second-order valence-electron chi connectivity index (χ2n) is 7.06. The Morgan fingerprint density at radius 2 is 1.84 bits per heavy atom. The van der Waals surface area contributed by atoms with E-state index >= 15 is 0 Å². The Hall–Kier alpha value is -2.63. The molecule has 2 aromatic rings. The van der Waals surface area contributed by atoms with Crippen molar-refractivity contribution in [1.82, 2.24) is 9.78 Å². The molecule has 0 bridgehead atoms. The number of para-hydroxylation sites is 2. The van der Waals surface area contributed by atoms with Crippen molar-refractivity contribution in [3.63, 3.8) is 0 Å². The van der Waals surface area contributed by atoms with Crippen LogP contribution < -0.4 is 9.80 Å². The van der Waals surface area contributed by atoms with E-state index in [-0.39, 0.29) is 17.7 Å². The van der Waals surface area contributed by atoms with E-state index in [4.69, 9.17) is 0 Å². The molecule has 2 heterocycles. The molecule has 1 fully saturated rings. The number of rotatable bonds is 2. The maximum Gasteiger partial charge on any atom is 0.276 e. The monoisotopic (exact) mass is 338 g/mol. The molecule has 6 heteroatoms. The lowest BCUT2D eigenvalue weighted by Crippen LogP contribution is -2.37. The normalized spacial score (nSPS) is 20.4. The topological polar surface area (TPSA) is 58.4 Å². The van der Waals surface area contributed by atoms with Crippen molar-refractivity contribution in [1.29, 1.82) is 0 Å². The number of carbonyl (C=O) groups is 2. The van der Waals surface area contributed by atoms with Crippen LogP contribution in [0.1, 0.15) is 41.9 Å². The van der Waals surface area contributed by atoms with E-state index in [1.807, 2.05) is 44.3 Å². The summed E-state index contributed by atoms with van der Waals surface area (Å²) in [6.07, 6.45) is 2.29. The molecule has 4 rings (SSSR count). The minimum absolute atomic E-state index is 0.0198. The Kier molecular flexibility index (Phi) is 3.63. The van der Waals surface area contributed by atoms with Crippen LogP contribution in [0.25, 0.3) is 0 Å². The molecule has 1 aromatic carbocycles. The van der Waals surface area contributed by atoms with E-state index in [1.54, 1.807) is 21.5 Å². The number of benzene rings is 1. The smallest absolute Gasteiger partial charge is 0.276 e. The highest BCUT2D eigenvalue weighted by atomic mass is 16.2. The Labute approximate surface area is 147 Å². The minimum atomic E-state index is -0.266. The highest BCUT2D eigenvalue weighted by Crippen LogP contribution is 2.40. The number of aromatic nitrogens is 2. The van der Waals surface area contributed by atoms with Gasteiger partial charge in [0.05, 0.1) is 23.0 Å². The van der Waals surface area contributed by atoms with Gasteiger partial charge < -0.3 is 9.80 Å². The van der Waals surface area contributed by atoms with E-state index in [2.05, 4.69) is 5.10 Å². The molecular formula is C19H22N4O2. The Balaban J connectivity index is 1.76. The Morgan fingerprint density at radius 1 is 1.16 bits per heavy atom. The Bertz CT molecular complexity index is 853. The first-order valence-corrected chi connectivity index (χ1v) is 8.69. The lowest BCUT2D eigenvalue weighted by atomic mass is 10.1. The third-order valence-electron chi connectivity index (χ3n) is 5.10. The van der Waals surface area contributed by atoms with Crippen molar-refractivity contribution >= 4 is 23.2 Å². The maximum atomic E-state index is 13.3. The van der Waals surface area contributed by atoms with E-state index < -0.39 is 0 Å². The first-order valence-electron chi connectivity index (χ1n) is 8.69. The van der Waals surface area contributed by atoms with Crippen molar-refractivity contribution in [3.05, 3.63) is 41.7 Å². The standard InChI is InChI=1S/C19H22N4O2/c1-12-11-23(16-7-5-4-6-15(16)21(2)18(12)24)19(25)17-10-14(13-8-9-13)20-22(17)3/h4-7,10,12-13H,8-9,11H2,1-3H3. The quantitative estimate of drug-likeness (QED) is 0.845. The highest BCUT2D eigenvalue weighted by molar-refractivity contribution is 6.10. The van der Waals surface area contributed by atoms with Gasteiger partial charge in [-0.1, -0.05) is 19.1 Å². The number of fused-ring (bicyclic) bond motifs is 1. The van der Waals surface area contributed by atoms with Crippen LogP contribution in [0, 0.1) is 5.92 Å². The van der Waals surface area contributed by atoms with Gasteiger partial charge in [0.25, 0.3) is 5.91 Å². The summed E-state index contributed by atoms with van der Waals surface area (Å²) >= 11 is 0. The van der Waals surface area contributed by atoms with E-state index in [1.165, 1.54) is 0 Å². The fourth-order valence-electron chi connectivity index (χ4n) is 3.47. The third-order valence-corrected chi connectivity index (χ3v) is 5.10. The molecule has 0 radical (unpaired) electrons. The summed E-state index contributed by atoms with van der Waals surface area (Å²) in [7, 11) is 3.57. The summed E-state index contributed by atoms with van der Waals surface area (Å²) in [5.74, 6) is 0.143. The molecule has 130 valence electrons. The van der Waals surface area contributed by atoms with Gasteiger partial charge in [-0.3, -0.25) is 14.3 Å². The summed E-state index contributed by atoms with van der Waals surface area (Å²) in [6.45, 7) is 2.23. The maximum absolute atomic E-state index is 13.3. The van der Waals surface area contributed by atoms with Gasteiger partial charge in [0.2, 0.25) is 5.91 Å². The van der Waals surface area contributed by atoms with Gasteiger partial charge in [-0.2, -0.15) is 5.10 Å². The number of nitrogens with zero attached hydrogens (tertiary/aromatic N) is 4. The first-order chi connectivity index (χ1) is 12.0. The molecule has 1 aromatic heterocycles. The average molecular weight is 338 g/mol. The number of amides is 2. The van der Waals surface area contributed by atoms with Crippen molar-refractivity contribution in [3.8, 4) is 0 Å². The summed E-state index contributed by atoms with van der Waals surface area (Å²) in [5.41, 5.74) is 3.09. The molecule has 2 amide bonds. The molecule has 1 atom stereocenters. The molecule has 2 aliphatic rings. The molecule has 1 saturated carbocycles. The van der Waals surface area contributed by atoms with Gasteiger partial charge >= 0.3 is 0 Å². The number of aryl methyl sites for hydroxylation is 1. The largest absolute Gasteiger partial charge is 0.313 e. The molecule has 0 saturated heterocycles. The number of anilines is 2. The van der Waals surface area contributed by atoms with Gasteiger partial charge in [-0.15, -0.1) is 0 Å². The van der Waals surface area contributed by atoms with Gasteiger partial charge in [-0.05, 0) is 31.0 Å². The van der Waals surface area contributed by atoms with Gasteiger partial charge in [0.1, 0.15) is 5.69 Å². The average Bonchev–Trinajstić information content (AvgIpc) is 3.40. The van der Waals surface area contributed by atoms with Gasteiger partial charge in [0.15, 0.2) is 0 Å². The van der Waals surface area contributed by atoms with Gasteiger partial charge in [0, 0.05) is 26.6 Å². The minimum Gasteiger partial charge on any atom is -0.313 e. The molecule has 6 nitrogen and oxygen atoms in total. The molecule has 1 aliphatic carbocycles. The predicted molar refractivity (Wildman–Crippen MR) is 95.9 cm³/mol. The van der Waals surface area contributed by atoms with E-state index in [0.717, 1.165) is 29.9 Å². The second kappa shape index (κ2) is 5.72. The summed E-state index contributed by atoms with van der Waals surface area (Å²) in [5, 5.41) is 4.51. The van der Waals surface area contributed by atoms with E-state index in [9.17, 15) is 9.59 Å². The van der Waals surface area contributed by atoms with Crippen LogP contribution in [0.15, 0.2) is 30.3 Å². The van der Waals surface area contributed by atoms with Gasteiger partial charge in [-0.25, -0.2) is 0 Å². The van der Waals surface area contributed by atoms with Crippen molar-refractivity contribution in [2.75, 3.05) is 23.4 Å². The van der Waals surface area contributed by atoms with Crippen LogP contribution in [-0.4, -0.2) is 35.2 Å². The summed E-state index contributed by atoms with van der Waals surface area (Å²) in [6, 6.07) is 9.46. The molecular weight excluding hydrogens is 316 g/mol. The fourth-order valence-corrected chi connectivity index (χ4v) is 3.47. The number of hydrogen-bond acceptors (Lipinski definition) is 3. The lowest BCUT2D eigenvalue weighted by molar-refractivity contribution is -0.121. The first kappa shape index (κ1) is 15.9. The predicted octanol–water partition coefficient (Wildman–Crippen LogP) is 2.56. The summed E-state index contributed by atoms with van der Waals surface area (Å²) in [4.78, 5) is 29.2. The van der Waals surface area contributed by atoms with Crippen LogP contribution in [0.3, 0.4) is 0 Å². The zero-order valence-electron chi connectivity index (χ0n) is 14.8. The number of hydrogen-bond donors (Lipinski definition) is 0. The van der Waals surface area contributed by atoms with Crippen LogP contribution >= 0.6 is 0 Å². The summed E-state index contributed by atoms with van der Waals surface area (Å²) < 4.78 is 1.67. The van der Waals surface area contributed by atoms with Crippen molar-refractivity contribution in [2.24, 2.45) is 13.0 Å². The van der Waals surface area contributed by atoms with Crippen LogP contribution in [0.5, 0.6) is 0 Å². The van der Waals surface area contributed by atoms with Crippen molar-refractivity contribution < 1.29 is 9.59 Å². The van der Waals surface area contributed by atoms with Crippen LogP contribution in [0.2, 0.25) is 0 Å². The second-order valence-corrected chi connectivity index (χ2v) is 7.06. The highest BCUT2D eigenvalue weighted by Gasteiger charge is 2.34. The van der Waals surface area contributed by atoms with E-state index in [0.29, 0.717) is 18.2 Å².